The van der Waals surface area contributed by atoms with Gasteiger partial charge in [0.15, 0.2) is 17.5 Å². The van der Waals surface area contributed by atoms with Crippen molar-refractivity contribution in [2.45, 2.75) is 51.4 Å². The van der Waals surface area contributed by atoms with Gasteiger partial charge in [-0.2, -0.15) is 0 Å². The fourth-order valence-corrected chi connectivity index (χ4v) is 6.12. The molecule has 0 aliphatic heterocycles. The van der Waals surface area contributed by atoms with Gasteiger partial charge in [0, 0.05) is 6.54 Å². The van der Waals surface area contributed by atoms with E-state index >= 15 is 0 Å². The minimum absolute atomic E-state index is 0.0423. The first kappa shape index (κ1) is 17.1. The van der Waals surface area contributed by atoms with E-state index in [1.807, 2.05) is 0 Å². The number of halogens is 3. The molecule has 0 saturated carbocycles. The predicted molar refractivity (Wildman–Crippen MR) is 81.4 cm³/mol. The van der Waals surface area contributed by atoms with Crippen molar-refractivity contribution in [3.8, 4) is 0 Å². The zero-order chi connectivity index (χ0) is 15.2. The van der Waals surface area contributed by atoms with Gasteiger partial charge < -0.3 is 5.32 Å². The van der Waals surface area contributed by atoms with Gasteiger partial charge in [-0.25, -0.2) is 13.2 Å². The van der Waals surface area contributed by atoms with Crippen molar-refractivity contribution in [3.63, 3.8) is 0 Å². The Bertz CT molecular complexity index is 425. The SMILES string of the molecule is CC[Si](CC)(CC)CCCNc1ccc(F)c(F)c1F. The Balaban J connectivity index is 2.51. The van der Waals surface area contributed by atoms with Gasteiger partial charge in [-0.3, -0.25) is 0 Å². The molecule has 20 heavy (non-hydrogen) atoms. The maximum absolute atomic E-state index is 13.5. The molecule has 1 rings (SSSR count). The molecule has 0 unspecified atom stereocenters. The molecule has 0 radical (unpaired) electrons. The standard InChI is InChI=1S/C15H24F3NSi/c1-4-20(5-2,6-3)11-7-10-19-13-9-8-12(16)14(17)15(13)18/h8-9,19H,4-7,10-11H2,1-3H3. The molecule has 5 heteroatoms. The molecule has 0 saturated heterocycles. The smallest absolute Gasteiger partial charge is 0.196 e. The average molecular weight is 303 g/mol. The lowest BCUT2D eigenvalue weighted by molar-refractivity contribution is 0.449. The van der Waals surface area contributed by atoms with Gasteiger partial charge in [0.25, 0.3) is 0 Å². The molecule has 0 spiro atoms. The minimum atomic E-state index is -1.41. The molecule has 0 atom stereocenters. The van der Waals surface area contributed by atoms with Gasteiger partial charge in [0.1, 0.15) is 0 Å². The van der Waals surface area contributed by atoms with Gasteiger partial charge in [0.05, 0.1) is 13.8 Å². The summed E-state index contributed by atoms with van der Waals surface area (Å²) >= 11 is 0. The summed E-state index contributed by atoms with van der Waals surface area (Å²) in [5.41, 5.74) is 0.0423. The van der Waals surface area contributed by atoms with Gasteiger partial charge >= 0.3 is 0 Å². The van der Waals surface area contributed by atoms with Crippen LogP contribution in [0.2, 0.25) is 24.2 Å². The lowest BCUT2D eigenvalue weighted by Crippen LogP contribution is -2.31. The lowest BCUT2D eigenvalue weighted by Gasteiger charge is -2.28. The molecule has 1 aromatic carbocycles. The van der Waals surface area contributed by atoms with Crippen LogP contribution in [0.15, 0.2) is 12.1 Å². The van der Waals surface area contributed by atoms with E-state index in [1.54, 1.807) is 0 Å². The average Bonchev–Trinajstić information content (AvgIpc) is 2.48. The van der Waals surface area contributed by atoms with Gasteiger partial charge in [-0.1, -0.05) is 44.9 Å². The number of nitrogens with one attached hydrogen (secondary N) is 1. The highest BCUT2D eigenvalue weighted by Gasteiger charge is 2.25. The van der Waals surface area contributed by atoms with Crippen LogP contribution in [-0.4, -0.2) is 14.6 Å². The second-order valence-corrected chi connectivity index (χ2v) is 10.9. The largest absolute Gasteiger partial charge is 0.383 e. The van der Waals surface area contributed by atoms with Crippen LogP contribution in [0.5, 0.6) is 0 Å². The third-order valence-corrected chi connectivity index (χ3v) is 10.4. The molecular formula is C15H24F3NSi. The first-order chi connectivity index (χ1) is 9.49. The fourth-order valence-electron chi connectivity index (χ4n) is 2.63. The summed E-state index contributed by atoms with van der Waals surface area (Å²) in [5.74, 6) is -3.69. The molecule has 1 aromatic rings. The van der Waals surface area contributed by atoms with Crippen LogP contribution < -0.4 is 5.32 Å². The van der Waals surface area contributed by atoms with E-state index in [2.05, 4.69) is 26.1 Å². The fraction of sp³-hybridized carbons (Fsp3) is 0.600. The van der Waals surface area contributed by atoms with Crippen LogP contribution in [0.3, 0.4) is 0 Å². The highest BCUT2D eigenvalue weighted by Crippen LogP contribution is 2.26. The summed E-state index contributed by atoms with van der Waals surface area (Å²) in [6, 6.07) is 7.18. The Kier molecular flexibility index (Phi) is 6.59. The normalized spacial score (nSPS) is 11.7. The summed E-state index contributed by atoms with van der Waals surface area (Å²) < 4.78 is 39.3. The number of hydrogen-bond donors (Lipinski definition) is 1. The second kappa shape index (κ2) is 7.72. The van der Waals surface area contributed by atoms with Gasteiger partial charge in [-0.05, 0) is 18.6 Å². The zero-order valence-electron chi connectivity index (χ0n) is 12.5. The predicted octanol–water partition coefficient (Wildman–Crippen LogP) is 5.41. The maximum Gasteiger partial charge on any atom is 0.196 e. The van der Waals surface area contributed by atoms with Gasteiger partial charge in [-0.15, -0.1) is 0 Å². The number of benzene rings is 1. The van der Waals surface area contributed by atoms with Gasteiger partial charge in [0.2, 0.25) is 0 Å². The van der Waals surface area contributed by atoms with Crippen molar-refractivity contribution in [3.05, 3.63) is 29.6 Å². The maximum atomic E-state index is 13.5. The Labute approximate surface area is 120 Å². The summed E-state index contributed by atoms with van der Waals surface area (Å²) in [6.45, 7) is 7.35. The molecule has 0 heterocycles. The molecule has 114 valence electrons. The Morgan fingerprint density at radius 2 is 1.55 bits per heavy atom. The summed E-state index contributed by atoms with van der Waals surface area (Å²) in [4.78, 5) is 0. The van der Waals surface area contributed by atoms with E-state index in [0.29, 0.717) is 6.54 Å². The molecule has 1 N–H and O–H groups in total. The molecular weight excluding hydrogens is 279 g/mol. The number of hydrogen-bond acceptors (Lipinski definition) is 1. The van der Waals surface area contributed by atoms with Crippen LogP contribution in [0, 0.1) is 17.5 Å². The quantitative estimate of drug-likeness (QED) is 0.384. The van der Waals surface area contributed by atoms with Crippen LogP contribution in [0.1, 0.15) is 27.2 Å². The second-order valence-electron chi connectivity index (χ2n) is 5.31. The Morgan fingerprint density at radius 1 is 0.950 bits per heavy atom. The molecule has 0 aliphatic rings. The Hall–Kier alpha value is -0.973. The van der Waals surface area contributed by atoms with Crippen LogP contribution >= 0.6 is 0 Å². The topological polar surface area (TPSA) is 12.0 Å². The van der Waals surface area contributed by atoms with E-state index in [-0.39, 0.29) is 5.69 Å². The van der Waals surface area contributed by atoms with Crippen LogP contribution in [0.4, 0.5) is 18.9 Å². The monoisotopic (exact) mass is 303 g/mol. The molecule has 0 amide bonds. The molecule has 0 bridgehead atoms. The zero-order valence-corrected chi connectivity index (χ0v) is 13.5. The molecule has 0 fully saturated rings. The lowest BCUT2D eigenvalue weighted by atomic mass is 10.2. The van der Waals surface area contributed by atoms with Crippen molar-refractivity contribution in [2.24, 2.45) is 0 Å². The van der Waals surface area contributed by atoms with Crippen molar-refractivity contribution in [2.75, 3.05) is 11.9 Å². The van der Waals surface area contributed by atoms with Crippen LogP contribution in [0.25, 0.3) is 0 Å². The highest BCUT2D eigenvalue weighted by atomic mass is 28.3. The van der Waals surface area contributed by atoms with Crippen molar-refractivity contribution in [1.29, 1.82) is 0 Å². The molecule has 0 aromatic heterocycles. The minimum Gasteiger partial charge on any atom is -0.383 e. The van der Waals surface area contributed by atoms with Crippen LogP contribution in [-0.2, 0) is 0 Å². The summed E-state index contributed by atoms with van der Waals surface area (Å²) in [5, 5.41) is 2.87. The van der Waals surface area contributed by atoms with Crippen molar-refractivity contribution >= 4 is 13.8 Å². The van der Waals surface area contributed by atoms with Crippen molar-refractivity contribution < 1.29 is 13.2 Å². The number of anilines is 1. The van der Waals surface area contributed by atoms with E-state index in [4.69, 9.17) is 0 Å². The third-order valence-electron chi connectivity index (χ3n) is 4.48. The summed E-state index contributed by atoms with van der Waals surface area (Å²) in [6.07, 6.45) is 0.945. The molecule has 0 aliphatic carbocycles. The first-order valence-electron chi connectivity index (χ1n) is 7.37. The van der Waals surface area contributed by atoms with E-state index in [1.165, 1.54) is 30.2 Å². The Morgan fingerprint density at radius 3 is 2.10 bits per heavy atom. The summed E-state index contributed by atoms with van der Waals surface area (Å²) in [7, 11) is -1.16. The number of rotatable bonds is 8. The first-order valence-corrected chi connectivity index (χ1v) is 10.2. The molecule has 1 nitrogen and oxygen atoms in total. The van der Waals surface area contributed by atoms with E-state index < -0.39 is 25.5 Å². The van der Waals surface area contributed by atoms with E-state index in [0.717, 1.165) is 12.5 Å². The third kappa shape index (κ3) is 4.01. The van der Waals surface area contributed by atoms with Crippen molar-refractivity contribution in [1.82, 2.24) is 0 Å². The highest BCUT2D eigenvalue weighted by molar-refractivity contribution is 6.79. The van der Waals surface area contributed by atoms with E-state index in [9.17, 15) is 13.2 Å².